The number of hydrogen-bond donors (Lipinski definition) is 1. The summed E-state index contributed by atoms with van der Waals surface area (Å²) in [6, 6.07) is 1.83. The van der Waals surface area contributed by atoms with E-state index in [2.05, 4.69) is 10.1 Å². The van der Waals surface area contributed by atoms with E-state index in [-0.39, 0.29) is 17.5 Å². The largest absolute Gasteiger partial charge is 0.390 e. The molecule has 8 heteroatoms. The molecule has 2 aromatic rings. The Morgan fingerprint density at radius 1 is 1.53 bits per heavy atom. The molecule has 0 saturated heterocycles. The summed E-state index contributed by atoms with van der Waals surface area (Å²) in [5.74, 6) is 0.163. The molecule has 0 unspecified atom stereocenters. The van der Waals surface area contributed by atoms with Crippen molar-refractivity contribution >= 4 is 26.2 Å². The second-order valence-corrected chi connectivity index (χ2v) is 7.15. The van der Waals surface area contributed by atoms with E-state index >= 15 is 0 Å². The molecule has 0 aliphatic carbocycles. The van der Waals surface area contributed by atoms with Crippen LogP contribution >= 0.6 is 11.3 Å². The second-order valence-electron chi connectivity index (χ2n) is 3.72. The number of aryl methyl sites for hydroxylation is 1. The van der Waals surface area contributed by atoms with Crippen molar-refractivity contribution in [2.45, 2.75) is 12.7 Å². The van der Waals surface area contributed by atoms with E-state index < -0.39 is 9.84 Å². The number of nitrogens with zero attached hydrogens (tertiary/aromatic N) is 2. The van der Waals surface area contributed by atoms with Gasteiger partial charge in [0.1, 0.15) is 5.75 Å². The minimum absolute atomic E-state index is 0.144. The highest BCUT2D eigenvalue weighted by molar-refractivity contribution is 7.89. The summed E-state index contributed by atoms with van der Waals surface area (Å²) < 4.78 is 27.1. The first kappa shape index (κ1) is 12.1. The third kappa shape index (κ3) is 2.83. The molecule has 0 aliphatic rings. The van der Waals surface area contributed by atoms with Gasteiger partial charge in [-0.15, -0.1) is 11.3 Å². The molecule has 0 aliphatic heterocycles. The van der Waals surface area contributed by atoms with Crippen molar-refractivity contribution in [3.05, 3.63) is 16.8 Å². The molecular weight excluding hydrogens is 262 g/mol. The summed E-state index contributed by atoms with van der Waals surface area (Å²) in [5.41, 5.74) is 6.43. The lowest BCUT2D eigenvalue weighted by Gasteiger charge is -1.90. The molecule has 0 aromatic carbocycles. The molecule has 2 aromatic heterocycles. The average molecular weight is 273 g/mol. The van der Waals surface area contributed by atoms with Gasteiger partial charge in [-0.1, -0.05) is 5.16 Å². The van der Waals surface area contributed by atoms with Crippen LogP contribution in [0.2, 0.25) is 0 Å². The number of rotatable bonds is 3. The molecule has 17 heavy (non-hydrogen) atoms. The summed E-state index contributed by atoms with van der Waals surface area (Å²) in [4.78, 5) is 5.04. The smallest absolute Gasteiger partial charge is 0.260 e. The Labute approximate surface area is 102 Å². The fraction of sp³-hybridized carbons (Fsp3) is 0.333. The first-order chi connectivity index (χ1) is 7.85. The van der Waals surface area contributed by atoms with Crippen LogP contribution in [0.25, 0.3) is 11.5 Å². The normalized spacial score (nSPS) is 11.9. The lowest BCUT2D eigenvalue weighted by molar-refractivity contribution is 0.425. The van der Waals surface area contributed by atoms with Gasteiger partial charge in [-0.25, -0.2) is 8.42 Å². The van der Waals surface area contributed by atoms with Crippen LogP contribution in [0.4, 0.5) is 5.00 Å². The van der Waals surface area contributed by atoms with E-state index in [1.165, 1.54) is 11.3 Å². The molecule has 6 nitrogen and oxygen atoms in total. The summed E-state index contributed by atoms with van der Waals surface area (Å²) in [7, 11) is -3.16. The zero-order chi connectivity index (χ0) is 12.6. The number of nitrogens with two attached hydrogens (primary N) is 1. The minimum atomic E-state index is -3.16. The van der Waals surface area contributed by atoms with Crippen molar-refractivity contribution in [3.63, 3.8) is 0 Å². The monoisotopic (exact) mass is 273 g/mol. The number of nitrogen functional groups attached to an aromatic ring is 1. The zero-order valence-electron chi connectivity index (χ0n) is 9.30. The molecule has 0 fully saturated rings. The van der Waals surface area contributed by atoms with Crippen LogP contribution in [0.1, 0.15) is 10.7 Å². The van der Waals surface area contributed by atoms with Crippen molar-refractivity contribution in [3.8, 4) is 11.5 Å². The lowest BCUT2D eigenvalue weighted by Crippen LogP contribution is -2.02. The zero-order valence-corrected chi connectivity index (χ0v) is 10.9. The van der Waals surface area contributed by atoms with E-state index in [1.807, 2.05) is 13.0 Å². The van der Waals surface area contributed by atoms with Crippen molar-refractivity contribution in [1.29, 1.82) is 0 Å². The van der Waals surface area contributed by atoms with Gasteiger partial charge in [0.25, 0.3) is 5.89 Å². The highest BCUT2D eigenvalue weighted by Gasteiger charge is 2.16. The number of anilines is 1. The van der Waals surface area contributed by atoms with Crippen LogP contribution in [0, 0.1) is 6.92 Å². The van der Waals surface area contributed by atoms with Crippen molar-refractivity contribution in [2.24, 2.45) is 0 Å². The van der Waals surface area contributed by atoms with Gasteiger partial charge in [0.2, 0.25) is 0 Å². The highest BCUT2D eigenvalue weighted by Crippen LogP contribution is 2.32. The van der Waals surface area contributed by atoms with Gasteiger partial charge in [-0.05, 0) is 13.0 Å². The van der Waals surface area contributed by atoms with Crippen LogP contribution in [-0.4, -0.2) is 24.8 Å². The Morgan fingerprint density at radius 3 is 2.76 bits per heavy atom. The Morgan fingerprint density at radius 2 is 2.24 bits per heavy atom. The Hall–Kier alpha value is -1.41. The molecule has 0 atom stereocenters. The maximum Gasteiger partial charge on any atom is 0.260 e. The molecule has 2 rings (SSSR count). The quantitative estimate of drug-likeness (QED) is 0.903. The first-order valence-corrected chi connectivity index (χ1v) is 7.59. The lowest BCUT2D eigenvalue weighted by atomic mass is 10.3. The molecule has 2 heterocycles. The maximum absolute atomic E-state index is 11.1. The van der Waals surface area contributed by atoms with Crippen LogP contribution in [0.15, 0.2) is 10.6 Å². The molecule has 0 radical (unpaired) electrons. The van der Waals surface area contributed by atoms with Gasteiger partial charge < -0.3 is 10.3 Å². The Kier molecular flexibility index (Phi) is 2.92. The van der Waals surface area contributed by atoms with Crippen molar-refractivity contribution < 1.29 is 12.9 Å². The summed E-state index contributed by atoms with van der Waals surface area (Å²) in [5, 5.41) is 4.19. The average Bonchev–Trinajstić information content (AvgIpc) is 2.70. The Bertz CT molecular complexity index is 642. The number of sulfone groups is 1. The molecule has 0 amide bonds. The van der Waals surface area contributed by atoms with Crippen LogP contribution < -0.4 is 5.73 Å². The number of thiophene rings is 1. The van der Waals surface area contributed by atoms with Gasteiger partial charge in [0.15, 0.2) is 15.7 Å². The van der Waals surface area contributed by atoms with Crippen molar-refractivity contribution in [2.75, 3.05) is 12.0 Å². The summed E-state index contributed by atoms with van der Waals surface area (Å²) >= 11 is 1.42. The van der Waals surface area contributed by atoms with Gasteiger partial charge in [0, 0.05) is 11.1 Å². The van der Waals surface area contributed by atoms with Gasteiger partial charge in [-0.3, -0.25) is 0 Å². The minimum Gasteiger partial charge on any atom is -0.390 e. The predicted molar refractivity (Wildman–Crippen MR) is 65.3 cm³/mol. The number of aromatic nitrogens is 2. The van der Waals surface area contributed by atoms with E-state index in [1.54, 1.807) is 0 Å². The van der Waals surface area contributed by atoms with Crippen LogP contribution in [0.3, 0.4) is 0 Å². The molecular formula is C9H11N3O3S2. The fourth-order valence-corrected chi connectivity index (χ4v) is 2.72. The van der Waals surface area contributed by atoms with E-state index in [0.29, 0.717) is 10.6 Å². The topological polar surface area (TPSA) is 99.1 Å². The van der Waals surface area contributed by atoms with Gasteiger partial charge >= 0.3 is 0 Å². The van der Waals surface area contributed by atoms with E-state index in [4.69, 9.17) is 10.3 Å². The van der Waals surface area contributed by atoms with Crippen LogP contribution in [0.5, 0.6) is 0 Å². The van der Waals surface area contributed by atoms with Crippen molar-refractivity contribution in [1.82, 2.24) is 10.1 Å². The highest BCUT2D eigenvalue weighted by atomic mass is 32.2. The van der Waals surface area contributed by atoms with Gasteiger partial charge in [0.05, 0.1) is 10.6 Å². The van der Waals surface area contributed by atoms with E-state index in [9.17, 15) is 8.42 Å². The molecule has 0 saturated carbocycles. The van der Waals surface area contributed by atoms with Gasteiger partial charge in [-0.2, -0.15) is 4.98 Å². The number of hydrogen-bond acceptors (Lipinski definition) is 7. The third-order valence-electron chi connectivity index (χ3n) is 1.97. The maximum atomic E-state index is 11.1. The predicted octanol–water partition coefficient (Wildman–Crippen LogP) is 1.23. The standard InChI is InChI=1S/C9H11N3O3S2/c1-5-3-6(8(10)16-5)9-11-7(12-15-9)4-17(2,13)14/h3H,4,10H2,1-2H3. The molecule has 2 N–H and O–H groups in total. The third-order valence-corrected chi connectivity index (χ3v) is 3.64. The SMILES string of the molecule is Cc1cc(-c2nc(CS(C)(=O)=O)no2)c(N)s1. The molecule has 92 valence electrons. The fourth-order valence-electron chi connectivity index (χ4n) is 1.36. The summed E-state index contributed by atoms with van der Waals surface area (Å²) in [6.07, 6.45) is 1.12. The molecule has 0 bridgehead atoms. The van der Waals surface area contributed by atoms with Crippen LogP contribution in [-0.2, 0) is 15.6 Å². The summed E-state index contributed by atoms with van der Waals surface area (Å²) in [6.45, 7) is 1.91. The Balaban J connectivity index is 2.33. The second kappa shape index (κ2) is 4.11. The first-order valence-electron chi connectivity index (χ1n) is 4.72. The van der Waals surface area contributed by atoms with E-state index in [0.717, 1.165) is 11.1 Å². The molecule has 0 spiro atoms.